The van der Waals surface area contributed by atoms with E-state index in [0.717, 1.165) is 79.1 Å². The topological polar surface area (TPSA) is 82.2 Å². The molecular formula is C54H66N4O3. The second-order valence-electron chi connectivity index (χ2n) is 21.7. The first kappa shape index (κ1) is 39.6. The van der Waals surface area contributed by atoms with Crippen LogP contribution in [0.25, 0.3) is 33.5 Å². The van der Waals surface area contributed by atoms with Crippen LogP contribution in [0, 0.1) is 57.2 Å². The first-order valence-electron chi connectivity index (χ1n) is 23.9. The maximum atomic E-state index is 11.5. The molecule has 7 nitrogen and oxygen atoms in total. The van der Waals surface area contributed by atoms with E-state index >= 15 is 0 Å². The summed E-state index contributed by atoms with van der Waals surface area (Å²) in [6.45, 7) is 11.6. The van der Waals surface area contributed by atoms with Crippen molar-refractivity contribution < 1.29 is 14.6 Å². The molecule has 0 spiro atoms. The van der Waals surface area contributed by atoms with Gasteiger partial charge in [0.15, 0.2) is 0 Å². The highest BCUT2D eigenvalue weighted by atomic mass is 16.5. The van der Waals surface area contributed by atoms with Crippen molar-refractivity contribution in [3.05, 3.63) is 96.6 Å². The predicted octanol–water partition coefficient (Wildman–Crippen LogP) is 12.2. The fourth-order valence-electron chi connectivity index (χ4n) is 15.7. The fraction of sp³-hybridized carbons (Fsp3) is 0.574. The molecule has 7 heteroatoms. The molecule has 0 radical (unpaired) electrons. The van der Waals surface area contributed by atoms with Gasteiger partial charge in [0, 0.05) is 35.6 Å². The van der Waals surface area contributed by atoms with Crippen LogP contribution in [-0.2, 0) is 9.53 Å². The number of nitrogens with zero attached hydrogens (tertiary/aromatic N) is 4. The Kier molecular flexibility index (Phi) is 9.35. The summed E-state index contributed by atoms with van der Waals surface area (Å²) >= 11 is 0. The predicted molar refractivity (Wildman–Crippen MR) is 244 cm³/mol. The van der Waals surface area contributed by atoms with Crippen LogP contribution in [-0.4, -0.2) is 42.4 Å². The summed E-state index contributed by atoms with van der Waals surface area (Å²) in [6.07, 6.45) is 30.1. The summed E-state index contributed by atoms with van der Waals surface area (Å²) in [5, 5.41) is 10.2. The van der Waals surface area contributed by atoms with Gasteiger partial charge in [-0.25, -0.2) is 9.97 Å². The summed E-state index contributed by atoms with van der Waals surface area (Å²) in [6, 6.07) is 17.0. The number of fused-ring (bicyclic) bond motifs is 12. The van der Waals surface area contributed by atoms with Crippen molar-refractivity contribution in [2.45, 2.75) is 137 Å². The van der Waals surface area contributed by atoms with E-state index in [1.54, 1.807) is 11.1 Å². The Morgan fingerprint density at radius 1 is 0.607 bits per heavy atom. The molecule has 0 saturated heterocycles. The van der Waals surface area contributed by atoms with E-state index in [1.807, 2.05) is 12.7 Å². The van der Waals surface area contributed by atoms with Gasteiger partial charge in [0.25, 0.3) is 0 Å². The van der Waals surface area contributed by atoms with Gasteiger partial charge in [-0.3, -0.25) is 4.79 Å². The number of hydrogen-bond donors (Lipinski definition) is 1. The summed E-state index contributed by atoms with van der Waals surface area (Å²) < 4.78 is 10.3. The lowest BCUT2D eigenvalue weighted by atomic mass is 9.47. The molecule has 0 aliphatic heterocycles. The van der Waals surface area contributed by atoms with Crippen LogP contribution < -0.4 is 0 Å². The number of aromatic nitrogens is 4. The highest BCUT2D eigenvalue weighted by molar-refractivity contribution is 5.81. The third-order valence-electron chi connectivity index (χ3n) is 19.0. The second-order valence-corrected chi connectivity index (χ2v) is 21.7. The van der Waals surface area contributed by atoms with Crippen LogP contribution in [0.3, 0.4) is 0 Å². The minimum atomic E-state index is -0.141. The van der Waals surface area contributed by atoms with Crippen LogP contribution in [0.2, 0.25) is 0 Å². The Labute approximate surface area is 362 Å². The molecule has 8 aliphatic carbocycles. The maximum absolute atomic E-state index is 11.5. The first-order valence-corrected chi connectivity index (χ1v) is 23.9. The van der Waals surface area contributed by atoms with Gasteiger partial charge in [-0.15, -0.1) is 0 Å². The number of esters is 1. The number of ether oxygens (including phenoxy) is 1. The minimum absolute atomic E-state index is 0.0755. The number of carbonyl (C=O) groups excluding carboxylic acids is 1. The lowest BCUT2D eigenvalue weighted by Gasteiger charge is -2.57. The van der Waals surface area contributed by atoms with E-state index in [2.05, 4.69) is 120 Å². The molecule has 4 fully saturated rings. The molecule has 6 unspecified atom stereocenters. The molecule has 2 aromatic heterocycles. The molecule has 12 atom stereocenters. The summed E-state index contributed by atoms with van der Waals surface area (Å²) in [7, 11) is 0. The zero-order valence-corrected chi connectivity index (χ0v) is 37.2. The third kappa shape index (κ3) is 6.01. The van der Waals surface area contributed by atoms with Crippen LogP contribution in [0.15, 0.2) is 96.6 Å². The largest absolute Gasteiger partial charge is 0.462 e. The molecular weight excluding hydrogens is 753 g/mol. The van der Waals surface area contributed by atoms with Gasteiger partial charge < -0.3 is 19.0 Å². The Morgan fingerprint density at radius 2 is 1.08 bits per heavy atom. The van der Waals surface area contributed by atoms with Crippen LogP contribution >= 0.6 is 0 Å². The lowest BCUT2D eigenvalue weighted by Crippen LogP contribution is -2.50. The minimum Gasteiger partial charge on any atom is -0.462 e. The van der Waals surface area contributed by atoms with Gasteiger partial charge in [0.2, 0.25) is 0 Å². The van der Waals surface area contributed by atoms with E-state index < -0.39 is 0 Å². The molecule has 2 heterocycles. The molecule has 2 aromatic carbocycles. The SMILES string of the molecule is CC(=O)O[C@H]1CC[C@@]2(C)C(=CCC3C2CC[C@]2(C)C(n4cnc5ccccc54)=CCC32)C1.C[C@]12CC[C@H](O)CC1=CCC1C2CC[C@]2(C)C(n3cnc4ccccc43)=CCC12. The van der Waals surface area contributed by atoms with Crippen molar-refractivity contribution in [2.75, 3.05) is 0 Å². The first-order chi connectivity index (χ1) is 29.4. The van der Waals surface area contributed by atoms with E-state index in [1.165, 1.54) is 80.7 Å². The highest BCUT2D eigenvalue weighted by Gasteiger charge is 2.59. The molecule has 0 amide bonds. The normalized spacial score (nSPS) is 39.8. The fourth-order valence-corrected chi connectivity index (χ4v) is 15.7. The number of rotatable bonds is 3. The van der Waals surface area contributed by atoms with Crippen molar-refractivity contribution in [3.63, 3.8) is 0 Å². The summed E-state index contributed by atoms with van der Waals surface area (Å²) in [5.74, 6) is 4.29. The van der Waals surface area contributed by atoms with E-state index in [4.69, 9.17) is 4.74 Å². The average Bonchev–Trinajstić information content (AvgIpc) is 4.03. The zero-order valence-electron chi connectivity index (χ0n) is 37.2. The number of hydrogen-bond acceptors (Lipinski definition) is 5. The molecule has 0 bridgehead atoms. The molecule has 61 heavy (non-hydrogen) atoms. The number of aliphatic hydroxyl groups excluding tert-OH is 1. The number of aliphatic hydroxyl groups is 1. The molecule has 12 rings (SSSR count). The Bertz CT molecular complexity index is 2520. The Balaban J connectivity index is 0.000000138. The van der Waals surface area contributed by atoms with Gasteiger partial charge in [-0.05, 0) is 154 Å². The number of allylic oxidation sites excluding steroid dienone is 6. The smallest absolute Gasteiger partial charge is 0.302 e. The maximum Gasteiger partial charge on any atom is 0.302 e. The van der Waals surface area contributed by atoms with Gasteiger partial charge in [0.1, 0.15) is 18.8 Å². The Hall–Kier alpha value is -4.23. The monoisotopic (exact) mass is 819 g/mol. The van der Waals surface area contributed by atoms with Crippen molar-refractivity contribution in [2.24, 2.45) is 57.2 Å². The average molecular weight is 819 g/mol. The molecule has 4 aromatic rings. The lowest BCUT2D eigenvalue weighted by molar-refractivity contribution is -0.148. The quantitative estimate of drug-likeness (QED) is 0.164. The number of para-hydroxylation sites is 4. The Morgan fingerprint density at radius 3 is 1.61 bits per heavy atom. The zero-order chi connectivity index (χ0) is 41.9. The third-order valence-corrected chi connectivity index (χ3v) is 19.0. The van der Waals surface area contributed by atoms with Crippen molar-refractivity contribution in [1.29, 1.82) is 0 Å². The number of benzene rings is 2. The van der Waals surface area contributed by atoms with Crippen LogP contribution in [0.4, 0.5) is 0 Å². The van der Waals surface area contributed by atoms with Crippen LogP contribution in [0.1, 0.15) is 125 Å². The van der Waals surface area contributed by atoms with Gasteiger partial charge in [-0.1, -0.05) is 87.4 Å². The van der Waals surface area contributed by atoms with Crippen molar-refractivity contribution in [1.82, 2.24) is 19.1 Å². The molecule has 8 aliphatic rings. The summed E-state index contributed by atoms with van der Waals surface area (Å²) in [4.78, 5) is 20.9. The number of carbonyl (C=O) groups is 1. The van der Waals surface area contributed by atoms with Gasteiger partial charge in [-0.2, -0.15) is 0 Å². The van der Waals surface area contributed by atoms with Crippen LogP contribution in [0.5, 0.6) is 0 Å². The molecule has 320 valence electrons. The standard InChI is InChI=1S/C28H34N2O2.C26H32N2O/c1-18(31)32-20-12-14-27(2)19(16-20)8-9-21-22-10-11-26(28(22,3)15-13-23(21)27)30-17-29-24-6-4-5-7-25(24)30;1-25-13-11-18(29)15-17(25)7-8-19-20-9-10-24(26(20,2)14-12-21(19)25)28-16-27-22-5-3-4-6-23(22)28/h4-8,11,17,20-23H,9-10,12-16H2,1-3H3;3-7,10,16,18-21,29H,8-9,11-15H2,1-2H3/t20-,21?,22?,23?,27-,28-;18-,19?,20?,21?,25-,26-/m00/s1. The second kappa shape index (κ2) is 14.4. The summed E-state index contributed by atoms with van der Waals surface area (Å²) in [5.41, 5.74) is 11.7. The van der Waals surface area contributed by atoms with Crippen molar-refractivity contribution in [3.8, 4) is 0 Å². The number of imidazole rings is 2. The molecule has 1 N–H and O–H groups in total. The van der Waals surface area contributed by atoms with E-state index in [-0.39, 0.29) is 34.4 Å². The highest BCUT2D eigenvalue weighted by Crippen LogP contribution is 2.67. The molecule has 4 saturated carbocycles. The van der Waals surface area contributed by atoms with Crippen molar-refractivity contribution >= 4 is 39.4 Å². The van der Waals surface area contributed by atoms with Gasteiger partial charge >= 0.3 is 5.97 Å². The van der Waals surface area contributed by atoms with E-state index in [9.17, 15) is 9.90 Å². The van der Waals surface area contributed by atoms with Gasteiger partial charge in [0.05, 0.1) is 28.2 Å². The van der Waals surface area contributed by atoms with E-state index in [0.29, 0.717) is 11.3 Å².